The molecule has 0 aliphatic carbocycles. The summed E-state index contributed by atoms with van der Waals surface area (Å²) >= 11 is 5.97. The van der Waals surface area contributed by atoms with Gasteiger partial charge >= 0.3 is 0 Å². The van der Waals surface area contributed by atoms with Crippen molar-refractivity contribution in [3.63, 3.8) is 0 Å². The molecule has 0 saturated heterocycles. The van der Waals surface area contributed by atoms with Crippen LogP contribution in [0.3, 0.4) is 0 Å². The lowest BCUT2D eigenvalue weighted by atomic mass is 10.3. The Morgan fingerprint density at radius 2 is 2.11 bits per heavy atom. The summed E-state index contributed by atoms with van der Waals surface area (Å²) in [6.45, 7) is 1.83. The quantitative estimate of drug-likeness (QED) is 0.670. The van der Waals surface area contributed by atoms with Crippen LogP contribution in [0, 0.1) is 6.92 Å². The first kappa shape index (κ1) is 11.8. The van der Waals surface area contributed by atoms with Crippen molar-refractivity contribution < 1.29 is 0 Å². The first-order valence-corrected chi connectivity index (χ1v) is 6.15. The number of rotatable bonds is 2. The van der Waals surface area contributed by atoms with E-state index in [2.05, 4.69) is 20.3 Å². The molecule has 0 amide bonds. The highest BCUT2D eigenvalue weighted by Gasteiger charge is 2.09. The molecule has 6 heteroatoms. The van der Waals surface area contributed by atoms with Crippen LogP contribution in [0.1, 0.15) is 5.82 Å². The summed E-state index contributed by atoms with van der Waals surface area (Å²) in [5, 5.41) is 4.75. The van der Waals surface area contributed by atoms with Gasteiger partial charge in [0.05, 0.1) is 5.39 Å². The number of halogens is 1. The largest absolute Gasteiger partial charge is 0.385 e. The minimum Gasteiger partial charge on any atom is -0.385 e. The van der Waals surface area contributed by atoms with Gasteiger partial charge in [-0.15, -0.1) is 0 Å². The van der Waals surface area contributed by atoms with Crippen LogP contribution in [0.5, 0.6) is 0 Å². The molecule has 0 atom stereocenters. The summed E-state index contributed by atoms with van der Waals surface area (Å²) in [6.07, 6.45) is 0. The number of aryl methyl sites for hydroxylation is 1. The summed E-state index contributed by atoms with van der Waals surface area (Å²) < 4.78 is 0. The van der Waals surface area contributed by atoms with Gasteiger partial charge in [0, 0.05) is 10.7 Å². The molecule has 0 unspecified atom stereocenters. The Morgan fingerprint density at radius 1 is 1.26 bits per heavy atom. The van der Waals surface area contributed by atoms with E-state index in [0.29, 0.717) is 22.5 Å². The lowest BCUT2D eigenvalue weighted by Crippen LogP contribution is -1.98. The third-order valence-electron chi connectivity index (χ3n) is 2.71. The van der Waals surface area contributed by atoms with Gasteiger partial charge in [-0.1, -0.05) is 17.7 Å². The lowest BCUT2D eigenvalue weighted by molar-refractivity contribution is 1.08. The van der Waals surface area contributed by atoms with E-state index in [1.807, 2.05) is 37.3 Å². The van der Waals surface area contributed by atoms with Gasteiger partial charge in [0.15, 0.2) is 0 Å². The van der Waals surface area contributed by atoms with E-state index in [0.717, 1.165) is 16.7 Å². The molecule has 2 aromatic heterocycles. The fourth-order valence-corrected chi connectivity index (χ4v) is 2.13. The fourth-order valence-electron chi connectivity index (χ4n) is 1.94. The van der Waals surface area contributed by atoms with Crippen LogP contribution in [0.4, 0.5) is 17.3 Å². The SMILES string of the molecule is Cc1nc(Nc2cccc(Cl)c2)c2cc(N)[nH]c2n1. The molecule has 0 fully saturated rings. The van der Waals surface area contributed by atoms with Crippen molar-refractivity contribution >= 4 is 40.0 Å². The number of anilines is 3. The van der Waals surface area contributed by atoms with Crippen molar-refractivity contribution in [1.82, 2.24) is 15.0 Å². The normalized spacial score (nSPS) is 10.8. The smallest absolute Gasteiger partial charge is 0.144 e. The van der Waals surface area contributed by atoms with Crippen molar-refractivity contribution in [2.24, 2.45) is 0 Å². The number of nitrogen functional groups attached to an aromatic ring is 1. The standard InChI is InChI=1S/C13H12ClN5/c1-7-16-12(10-6-11(15)19-13(10)17-7)18-9-4-2-3-8(14)5-9/h2-6H,15H2,1H3,(H2,16,17,18,19). The fraction of sp³-hybridized carbons (Fsp3) is 0.0769. The second kappa shape index (κ2) is 4.44. The van der Waals surface area contributed by atoms with Crippen LogP contribution in [0.2, 0.25) is 5.02 Å². The predicted octanol–water partition coefficient (Wildman–Crippen LogP) is 3.25. The van der Waals surface area contributed by atoms with Crippen molar-refractivity contribution in [1.29, 1.82) is 0 Å². The molecule has 0 saturated carbocycles. The zero-order chi connectivity index (χ0) is 13.4. The van der Waals surface area contributed by atoms with Gasteiger partial charge in [-0.3, -0.25) is 0 Å². The molecule has 96 valence electrons. The number of benzene rings is 1. The summed E-state index contributed by atoms with van der Waals surface area (Å²) in [5.74, 6) is 1.93. The van der Waals surface area contributed by atoms with E-state index in [4.69, 9.17) is 17.3 Å². The number of H-pyrrole nitrogens is 1. The maximum absolute atomic E-state index is 5.97. The minimum atomic E-state index is 0.559. The summed E-state index contributed by atoms with van der Waals surface area (Å²) in [5.41, 5.74) is 7.34. The molecule has 3 aromatic rings. The lowest BCUT2D eigenvalue weighted by Gasteiger charge is -2.07. The van der Waals surface area contributed by atoms with Gasteiger partial charge in [-0.2, -0.15) is 0 Å². The van der Waals surface area contributed by atoms with Gasteiger partial charge < -0.3 is 16.0 Å². The number of fused-ring (bicyclic) bond motifs is 1. The molecule has 5 nitrogen and oxygen atoms in total. The van der Waals surface area contributed by atoms with Crippen molar-refractivity contribution in [3.8, 4) is 0 Å². The third kappa shape index (κ3) is 2.32. The van der Waals surface area contributed by atoms with E-state index < -0.39 is 0 Å². The van der Waals surface area contributed by atoms with Crippen LogP contribution in [-0.4, -0.2) is 15.0 Å². The van der Waals surface area contributed by atoms with E-state index in [-0.39, 0.29) is 0 Å². The van der Waals surface area contributed by atoms with Crippen molar-refractivity contribution in [2.75, 3.05) is 11.1 Å². The molecular formula is C13H12ClN5. The molecule has 0 bridgehead atoms. The number of nitrogens with zero attached hydrogens (tertiary/aromatic N) is 2. The zero-order valence-electron chi connectivity index (χ0n) is 10.2. The molecule has 19 heavy (non-hydrogen) atoms. The van der Waals surface area contributed by atoms with E-state index in [9.17, 15) is 0 Å². The van der Waals surface area contributed by atoms with Gasteiger partial charge in [-0.05, 0) is 31.2 Å². The van der Waals surface area contributed by atoms with Crippen LogP contribution < -0.4 is 11.1 Å². The average Bonchev–Trinajstić information content (AvgIpc) is 2.69. The molecule has 0 aliphatic heterocycles. The number of hydrogen-bond donors (Lipinski definition) is 3. The second-order valence-electron chi connectivity index (χ2n) is 4.24. The number of aromatic amines is 1. The number of aromatic nitrogens is 3. The first-order valence-electron chi connectivity index (χ1n) is 5.77. The summed E-state index contributed by atoms with van der Waals surface area (Å²) in [7, 11) is 0. The summed E-state index contributed by atoms with van der Waals surface area (Å²) in [4.78, 5) is 11.7. The van der Waals surface area contributed by atoms with Gasteiger partial charge in [0.1, 0.15) is 23.1 Å². The highest BCUT2D eigenvalue weighted by molar-refractivity contribution is 6.30. The first-order chi connectivity index (χ1) is 9.11. The van der Waals surface area contributed by atoms with E-state index in [1.54, 1.807) is 0 Å². The Labute approximate surface area is 114 Å². The number of nitrogens with one attached hydrogen (secondary N) is 2. The third-order valence-corrected chi connectivity index (χ3v) is 2.94. The van der Waals surface area contributed by atoms with Crippen molar-refractivity contribution in [2.45, 2.75) is 6.92 Å². The Balaban J connectivity index is 2.09. The Hall–Kier alpha value is -2.27. The number of hydrogen-bond acceptors (Lipinski definition) is 4. The van der Waals surface area contributed by atoms with Crippen LogP contribution in [-0.2, 0) is 0 Å². The molecule has 0 spiro atoms. The van der Waals surface area contributed by atoms with Crippen LogP contribution in [0.15, 0.2) is 30.3 Å². The molecule has 0 aliphatic rings. The van der Waals surface area contributed by atoms with E-state index >= 15 is 0 Å². The second-order valence-corrected chi connectivity index (χ2v) is 4.68. The minimum absolute atomic E-state index is 0.559. The number of nitrogens with two attached hydrogens (primary N) is 1. The highest BCUT2D eigenvalue weighted by Crippen LogP contribution is 2.26. The zero-order valence-corrected chi connectivity index (χ0v) is 11.0. The molecule has 0 radical (unpaired) electrons. The molecule has 2 heterocycles. The van der Waals surface area contributed by atoms with Gasteiger partial charge in [0.25, 0.3) is 0 Å². The molecule has 4 N–H and O–H groups in total. The maximum atomic E-state index is 5.97. The van der Waals surface area contributed by atoms with Gasteiger partial charge in [0.2, 0.25) is 0 Å². The topological polar surface area (TPSA) is 79.6 Å². The van der Waals surface area contributed by atoms with Crippen LogP contribution in [0.25, 0.3) is 11.0 Å². The molecular weight excluding hydrogens is 262 g/mol. The molecule has 3 rings (SSSR count). The maximum Gasteiger partial charge on any atom is 0.144 e. The highest BCUT2D eigenvalue weighted by atomic mass is 35.5. The monoisotopic (exact) mass is 273 g/mol. The average molecular weight is 274 g/mol. The van der Waals surface area contributed by atoms with Gasteiger partial charge in [-0.25, -0.2) is 9.97 Å². The Bertz CT molecular complexity index is 750. The van der Waals surface area contributed by atoms with E-state index in [1.165, 1.54) is 0 Å². The van der Waals surface area contributed by atoms with Crippen LogP contribution >= 0.6 is 11.6 Å². The summed E-state index contributed by atoms with van der Waals surface area (Å²) in [6, 6.07) is 9.26. The Kier molecular flexibility index (Phi) is 2.76. The molecule has 1 aromatic carbocycles. The Morgan fingerprint density at radius 3 is 2.89 bits per heavy atom. The van der Waals surface area contributed by atoms with Crippen molar-refractivity contribution in [3.05, 3.63) is 41.2 Å². The predicted molar refractivity (Wildman–Crippen MR) is 77.8 cm³/mol.